The highest BCUT2D eigenvalue weighted by Crippen LogP contribution is 2.51. The van der Waals surface area contributed by atoms with Crippen molar-refractivity contribution in [2.45, 2.75) is 23.2 Å². The molecule has 0 aliphatic carbocycles. The number of hydrogen-bond donors (Lipinski definition) is 0. The molecule has 9 nitrogen and oxygen atoms in total. The van der Waals surface area contributed by atoms with Crippen molar-refractivity contribution >= 4 is 44.8 Å². The number of nitro groups is 1. The summed E-state index contributed by atoms with van der Waals surface area (Å²) in [6.45, 7) is 1.21. The van der Waals surface area contributed by atoms with Crippen LogP contribution in [0.2, 0.25) is 0 Å². The van der Waals surface area contributed by atoms with Crippen molar-refractivity contribution in [2.24, 2.45) is 0 Å². The van der Waals surface area contributed by atoms with Crippen LogP contribution in [0.5, 0.6) is 5.75 Å². The molecule has 2 atom stereocenters. The number of rotatable bonds is 8. The molecule has 0 bridgehead atoms. The molecular formula is C22H16FN3O6S2. The molecule has 1 saturated heterocycles. The van der Waals surface area contributed by atoms with E-state index < -0.39 is 28.0 Å². The van der Waals surface area contributed by atoms with E-state index in [-0.39, 0.29) is 16.6 Å². The number of carbonyl (C=O) groups is 2. The van der Waals surface area contributed by atoms with Crippen LogP contribution in [-0.2, 0) is 14.5 Å². The molecule has 2 heterocycles. The number of nitrogens with zero attached hydrogens (tertiary/aromatic N) is 3. The second-order valence-corrected chi connectivity index (χ2v) is 9.37. The van der Waals surface area contributed by atoms with Gasteiger partial charge in [0.2, 0.25) is 5.91 Å². The van der Waals surface area contributed by atoms with Gasteiger partial charge in [0.25, 0.3) is 0 Å². The molecule has 3 aromatic rings. The van der Waals surface area contributed by atoms with Gasteiger partial charge in [-0.25, -0.2) is 14.2 Å². The molecule has 4 rings (SSSR count). The summed E-state index contributed by atoms with van der Waals surface area (Å²) in [4.78, 5) is 49.8. The Morgan fingerprint density at radius 3 is 2.50 bits per heavy atom. The van der Waals surface area contributed by atoms with Gasteiger partial charge in [-0.1, -0.05) is 22.9 Å². The molecule has 0 unspecified atom stereocenters. The average molecular weight is 502 g/mol. The number of halogens is 1. The van der Waals surface area contributed by atoms with Crippen LogP contribution in [0, 0.1) is 15.9 Å². The molecule has 34 heavy (non-hydrogen) atoms. The van der Waals surface area contributed by atoms with E-state index in [1.165, 1.54) is 54.4 Å². The first-order chi connectivity index (χ1) is 16.3. The minimum absolute atomic E-state index is 0.148. The molecular weight excluding hydrogens is 485 g/mol. The highest BCUT2D eigenvalue weighted by molar-refractivity contribution is 8.77. The molecule has 0 radical (unpaired) electrons. The summed E-state index contributed by atoms with van der Waals surface area (Å²) in [7, 11) is 2.21. The Hall–Kier alpha value is -3.64. The predicted octanol–water partition coefficient (Wildman–Crippen LogP) is 4.88. The van der Waals surface area contributed by atoms with Crippen LogP contribution in [0.3, 0.4) is 0 Å². The Morgan fingerprint density at radius 1 is 1.15 bits per heavy atom. The largest absolute Gasteiger partial charge is 0.352 e. The number of hydrogen-bond acceptors (Lipinski definition) is 9. The summed E-state index contributed by atoms with van der Waals surface area (Å²) in [6, 6.07) is 14.5. The van der Waals surface area contributed by atoms with E-state index in [9.17, 15) is 24.1 Å². The minimum atomic E-state index is -0.603. The van der Waals surface area contributed by atoms with Crippen molar-refractivity contribution < 1.29 is 28.7 Å². The van der Waals surface area contributed by atoms with Gasteiger partial charge in [-0.2, -0.15) is 0 Å². The Kier molecular flexibility index (Phi) is 6.98. The highest BCUT2D eigenvalue weighted by atomic mass is 33.1. The monoisotopic (exact) mass is 501 g/mol. The third kappa shape index (κ3) is 4.97. The molecule has 0 spiro atoms. The maximum atomic E-state index is 13.4. The summed E-state index contributed by atoms with van der Waals surface area (Å²) < 4.78 is 13.4. The quantitative estimate of drug-likeness (QED) is 0.140. The van der Waals surface area contributed by atoms with Crippen molar-refractivity contribution in [2.75, 3.05) is 4.90 Å². The van der Waals surface area contributed by atoms with Crippen LogP contribution < -0.4 is 9.79 Å². The molecule has 1 aliphatic rings. The van der Waals surface area contributed by atoms with Crippen molar-refractivity contribution in [3.63, 3.8) is 0 Å². The number of amides is 1. The van der Waals surface area contributed by atoms with Gasteiger partial charge in [0.1, 0.15) is 11.1 Å². The topological polar surface area (TPSA) is 112 Å². The normalized spacial score (nSPS) is 17.1. The van der Waals surface area contributed by atoms with Gasteiger partial charge in [0.05, 0.1) is 11.0 Å². The van der Waals surface area contributed by atoms with Gasteiger partial charge in [0, 0.05) is 24.9 Å². The van der Waals surface area contributed by atoms with Crippen molar-refractivity contribution in [3.8, 4) is 5.75 Å². The van der Waals surface area contributed by atoms with Gasteiger partial charge in [-0.05, 0) is 58.8 Å². The number of pyridine rings is 1. The molecule has 0 N–H and O–H groups in total. The van der Waals surface area contributed by atoms with Crippen molar-refractivity contribution in [3.05, 3.63) is 88.4 Å². The third-order valence-corrected chi connectivity index (χ3v) is 7.43. The standard InChI is InChI=1S/C22H16FN3O6S2/c1-13(27)31-32-17-10-4-14(5-11-17)19-20(22(28)25(19)16-8-6-15(23)7-9-16)33-34-21-18(26(29)30)3-2-12-24-21/h2-12,19-20H,1H3/t19-,20-/m1/s1. The van der Waals surface area contributed by atoms with Crippen LogP contribution >= 0.6 is 21.6 Å². The lowest BCUT2D eigenvalue weighted by molar-refractivity contribution is -0.388. The molecule has 1 aromatic heterocycles. The van der Waals surface area contributed by atoms with Gasteiger partial charge in [0.15, 0.2) is 10.8 Å². The zero-order valence-corrected chi connectivity index (χ0v) is 19.1. The second-order valence-electron chi connectivity index (χ2n) is 7.04. The van der Waals surface area contributed by atoms with E-state index in [1.807, 2.05) is 0 Å². The van der Waals surface area contributed by atoms with Gasteiger partial charge in [-0.3, -0.25) is 24.7 Å². The average Bonchev–Trinajstić information content (AvgIpc) is 2.83. The van der Waals surface area contributed by atoms with E-state index in [2.05, 4.69) is 9.87 Å². The van der Waals surface area contributed by atoms with E-state index in [0.717, 1.165) is 27.2 Å². The van der Waals surface area contributed by atoms with Crippen LogP contribution in [0.1, 0.15) is 18.5 Å². The first kappa shape index (κ1) is 23.5. The maximum absolute atomic E-state index is 13.4. The summed E-state index contributed by atoms with van der Waals surface area (Å²) in [5.41, 5.74) is 1.11. The molecule has 1 aliphatic heterocycles. The SMILES string of the molecule is CC(=O)OOc1ccc([C@@H]2[C@@H](SSc3ncccc3[N+](=O)[O-])C(=O)N2c2ccc(F)cc2)cc1. The number of benzene rings is 2. The fourth-order valence-corrected chi connectivity index (χ4v) is 5.92. The van der Waals surface area contributed by atoms with E-state index >= 15 is 0 Å². The van der Waals surface area contributed by atoms with Crippen LogP contribution in [-0.4, -0.2) is 27.0 Å². The number of carbonyl (C=O) groups excluding carboxylic acids is 2. The summed E-state index contributed by atoms with van der Waals surface area (Å²) in [5.74, 6) is -0.967. The first-order valence-electron chi connectivity index (χ1n) is 9.81. The van der Waals surface area contributed by atoms with Gasteiger partial charge in [-0.15, -0.1) is 0 Å². The van der Waals surface area contributed by atoms with Crippen LogP contribution in [0.25, 0.3) is 0 Å². The summed E-state index contributed by atoms with van der Waals surface area (Å²) >= 11 is 0. The van der Waals surface area contributed by atoms with E-state index in [1.54, 1.807) is 24.3 Å². The Labute approximate surface area is 200 Å². The van der Waals surface area contributed by atoms with E-state index in [0.29, 0.717) is 11.4 Å². The number of anilines is 1. The van der Waals surface area contributed by atoms with Gasteiger partial charge < -0.3 is 4.90 Å². The fraction of sp³-hybridized carbons (Fsp3) is 0.136. The molecule has 12 heteroatoms. The number of aromatic nitrogens is 1. The fourth-order valence-electron chi connectivity index (χ4n) is 3.28. The van der Waals surface area contributed by atoms with Crippen LogP contribution in [0.15, 0.2) is 71.9 Å². The van der Waals surface area contributed by atoms with Crippen molar-refractivity contribution in [1.29, 1.82) is 0 Å². The number of β-lactam (4-membered cyclic amide) rings is 1. The lowest BCUT2D eigenvalue weighted by Crippen LogP contribution is -2.57. The summed E-state index contributed by atoms with van der Waals surface area (Å²) in [5, 5.41) is 10.9. The highest BCUT2D eigenvalue weighted by Gasteiger charge is 2.49. The smallest absolute Gasteiger partial charge is 0.302 e. The molecule has 0 saturated carbocycles. The second kappa shape index (κ2) is 10.1. The Morgan fingerprint density at radius 2 is 1.85 bits per heavy atom. The maximum Gasteiger partial charge on any atom is 0.352 e. The zero-order valence-electron chi connectivity index (χ0n) is 17.5. The third-order valence-electron chi connectivity index (χ3n) is 4.81. The molecule has 174 valence electrons. The Balaban J connectivity index is 1.59. The molecule has 2 aromatic carbocycles. The summed E-state index contributed by atoms with van der Waals surface area (Å²) in [6.07, 6.45) is 1.45. The van der Waals surface area contributed by atoms with Crippen LogP contribution in [0.4, 0.5) is 15.8 Å². The van der Waals surface area contributed by atoms with Gasteiger partial charge >= 0.3 is 11.7 Å². The van der Waals surface area contributed by atoms with E-state index in [4.69, 9.17) is 4.89 Å². The lowest BCUT2D eigenvalue weighted by atomic mass is 9.92. The predicted molar refractivity (Wildman–Crippen MR) is 124 cm³/mol. The minimum Gasteiger partial charge on any atom is -0.302 e. The molecule has 1 amide bonds. The lowest BCUT2D eigenvalue weighted by Gasteiger charge is -2.46. The first-order valence-corrected chi connectivity index (χ1v) is 12.0. The van der Waals surface area contributed by atoms with Crippen molar-refractivity contribution in [1.82, 2.24) is 4.98 Å². The molecule has 1 fully saturated rings. The Bertz CT molecular complexity index is 1230. The zero-order chi connectivity index (χ0) is 24.2.